The molecule has 38 heavy (non-hydrogen) atoms. The van der Waals surface area contributed by atoms with Crippen LogP contribution in [0.15, 0.2) is 30.3 Å². The summed E-state index contributed by atoms with van der Waals surface area (Å²) in [6.07, 6.45) is 0.473. The Morgan fingerprint density at radius 1 is 1.18 bits per heavy atom. The molecule has 1 aliphatic carbocycles. The summed E-state index contributed by atoms with van der Waals surface area (Å²) < 4.78 is 36.6. The third-order valence-corrected chi connectivity index (χ3v) is 7.74. The van der Waals surface area contributed by atoms with Crippen molar-refractivity contribution >= 4 is 28.0 Å². The molecule has 2 aliphatic rings. The summed E-state index contributed by atoms with van der Waals surface area (Å²) in [5.74, 6) is 1.94. The lowest BCUT2D eigenvalue weighted by molar-refractivity contribution is 0.0660. The first-order valence-corrected chi connectivity index (χ1v) is 13.1. The van der Waals surface area contributed by atoms with Crippen molar-refractivity contribution in [2.45, 2.75) is 45.2 Å². The number of hydrogen-bond acceptors (Lipinski definition) is 5. The van der Waals surface area contributed by atoms with Crippen LogP contribution in [0.1, 0.15) is 48.7 Å². The van der Waals surface area contributed by atoms with Gasteiger partial charge in [0.05, 0.1) is 18.3 Å². The highest BCUT2D eigenvalue weighted by Gasteiger charge is 2.29. The van der Waals surface area contributed by atoms with Crippen LogP contribution >= 0.6 is 0 Å². The third-order valence-electron chi connectivity index (χ3n) is 7.74. The molecule has 10 heteroatoms. The number of likely N-dealkylation sites (tertiary alicyclic amines) is 1. The van der Waals surface area contributed by atoms with E-state index in [-0.39, 0.29) is 17.6 Å². The Hall–Kier alpha value is -3.53. The molecular formula is C28H32F2N6O2. The number of hydrogen-bond donors (Lipinski definition) is 1. The van der Waals surface area contributed by atoms with Gasteiger partial charge in [0.1, 0.15) is 22.6 Å². The second-order valence-corrected chi connectivity index (χ2v) is 10.9. The largest absolute Gasteiger partial charge is 0.494 e. The first-order valence-electron chi connectivity index (χ1n) is 13.1. The molecule has 1 saturated heterocycles. The number of amides is 1. The number of aryl methyl sites for hydroxylation is 1. The van der Waals surface area contributed by atoms with Crippen molar-refractivity contribution < 1.29 is 18.3 Å². The molecule has 2 atom stereocenters. The Kier molecular flexibility index (Phi) is 6.09. The topological polar surface area (TPSA) is 91.2 Å². The zero-order chi connectivity index (χ0) is 26.7. The molecule has 8 nitrogen and oxygen atoms in total. The van der Waals surface area contributed by atoms with Crippen molar-refractivity contribution in [3.8, 4) is 17.3 Å². The molecular weight excluding hydrogens is 490 g/mol. The Morgan fingerprint density at radius 2 is 1.97 bits per heavy atom. The molecule has 6 rings (SSSR count). The molecule has 2 fully saturated rings. The average Bonchev–Trinajstić information content (AvgIpc) is 3.56. The standard InChI is InChI=1S/C28H32F2N6O2/c1-15-8-19(31)14-35(12-15)28(37)18-9-21-24(23(11-18)38-3)34(2)27(33-21)22-10-17-6-7-20(25(29)30)32-26(17)36(22)13-16-4-5-16/h6-7,9-11,15-16,19,25H,4-5,8,12-14,31H2,1-3H3/t15-,19?/m1/s1. The maximum atomic E-state index is 13.5. The van der Waals surface area contributed by atoms with E-state index in [9.17, 15) is 13.6 Å². The predicted molar refractivity (Wildman–Crippen MR) is 141 cm³/mol. The number of methoxy groups -OCH3 is 1. The molecule has 200 valence electrons. The Labute approximate surface area is 219 Å². The van der Waals surface area contributed by atoms with Crippen LogP contribution in [0.3, 0.4) is 0 Å². The van der Waals surface area contributed by atoms with Crippen LogP contribution in [0.5, 0.6) is 5.75 Å². The van der Waals surface area contributed by atoms with E-state index in [2.05, 4.69) is 11.9 Å². The minimum Gasteiger partial charge on any atom is -0.494 e. The van der Waals surface area contributed by atoms with Crippen molar-refractivity contribution in [3.05, 3.63) is 41.6 Å². The molecule has 4 heterocycles. The molecule has 0 spiro atoms. The van der Waals surface area contributed by atoms with Gasteiger partial charge in [-0.3, -0.25) is 4.79 Å². The highest BCUT2D eigenvalue weighted by Crippen LogP contribution is 2.38. The zero-order valence-electron chi connectivity index (χ0n) is 21.8. The molecule has 0 radical (unpaired) electrons. The lowest BCUT2D eigenvalue weighted by atomic mass is 9.96. The number of nitrogens with zero attached hydrogens (tertiary/aromatic N) is 5. The summed E-state index contributed by atoms with van der Waals surface area (Å²) in [6, 6.07) is 8.55. The van der Waals surface area contributed by atoms with Crippen molar-refractivity contribution in [1.29, 1.82) is 0 Å². The molecule has 4 aromatic rings. The molecule has 3 aromatic heterocycles. The summed E-state index contributed by atoms with van der Waals surface area (Å²) in [7, 11) is 3.48. The fourth-order valence-electron chi connectivity index (χ4n) is 5.76. The molecule has 1 unspecified atom stereocenters. The Bertz CT molecular complexity index is 1530. The van der Waals surface area contributed by atoms with E-state index < -0.39 is 6.43 Å². The molecule has 0 bridgehead atoms. The highest BCUT2D eigenvalue weighted by atomic mass is 19.3. The number of pyridine rings is 1. The van der Waals surface area contributed by atoms with Gasteiger partial charge in [0.25, 0.3) is 12.3 Å². The van der Waals surface area contributed by atoms with Gasteiger partial charge < -0.3 is 24.5 Å². The second-order valence-electron chi connectivity index (χ2n) is 10.9. The lowest BCUT2D eigenvalue weighted by Gasteiger charge is -2.34. The number of fused-ring (bicyclic) bond motifs is 2. The molecule has 1 aromatic carbocycles. The second kappa shape index (κ2) is 9.34. The molecule has 1 amide bonds. The first-order chi connectivity index (χ1) is 18.2. The van der Waals surface area contributed by atoms with Crippen LogP contribution < -0.4 is 10.5 Å². The summed E-state index contributed by atoms with van der Waals surface area (Å²) in [5.41, 5.74) is 9.18. The van der Waals surface area contributed by atoms with Crippen molar-refractivity contribution in [1.82, 2.24) is 24.0 Å². The Morgan fingerprint density at radius 3 is 2.66 bits per heavy atom. The number of ether oxygens (including phenoxy) is 1. The summed E-state index contributed by atoms with van der Waals surface area (Å²) in [6.45, 7) is 3.98. The van der Waals surface area contributed by atoms with Gasteiger partial charge in [0, 0.05) is 43.7 Å². The monoisotopic (exact) mass is 522 g/mol. The van der Waals surface area contributed by atoms with Crippen LogP contribution in [0.25, 0.3) is 33.6 Å². The van der Waals surface area contributed by atoms with Gasteiger partial charge >= 0.3 is 0 Å². The van der Waals surface area contributed by atoms with Gasteiger partial charge in [-0.2, -0.15) is 0 Å². The van der Waals surface area contributed by atoms with Crippen molar-refractivity contribution in [3.63, 3.8) is 0 Å². The van der Waals surface area contributed by atoms with E-state index in [1.807, 2.05) is 27.1 Å². The molecule has 2 N–H and O–H groups in total. The van der Waals surface area contributed by atoms with E-state index in [0.29, 0.717) is 59.8 Å². The maximum absolute atomic E-state index is 13.5. The van der Waals surface area contributed by atoms with Crippen LogP contribution in [-0.2, 0) is 13.6 Å². The van der Waals surface area contributed by atoms with Crippen LogP contribution in [-0.4, -0.2) is 56.2 Å². The summed E-state index contributed by atoms with van der Waals surface area (Å²) in [4.78, 5) is 24.5. The maximum Gasteiger partial charge on any atom is 0.280 e. The first kappa shape index (κ1) is 24.8. The number of alkyl halides is 2. The van der Waals surface area contributed by atoms with Gasteiger partial charge in [-0.15, -0.1) is 0 Å². The smallest absolute Gasteiger partial charge is 0.280 e. The number of aromatic nitrogens is 4. The number of benzene rings is 1. The van der Waals surface area contributed by atoms with E-state index in [4.69, 9.17) is 15.5 Å². The minimum absolute atomic E-state index is 0.0395. The fraction of sp³-hybridized carbons (Fsp3) is 0.464. The van der Waals surface area contributed by atoms with Crippen LogP contribution in [0, 0.1) is 11.8 Å². The van der Waals surface area contributed by atoms with Gasteiger partial charge in [-0.25, -0.2) is 18.7 Å². The number of carbonyl (C=O) groups excluding carboxylic acids is 1. The lowest BCUT2D eigenvalue weighted by Crippen LogP contribution is -2.48. The van der Waals surface area contributed by atoms with E-state index in [1.54, 1.807) is 25.3 Å². The van der Waals surface area contributed by atoms with Gasteiger partial charge in [0.2, 0.25) is 0 Å². The quantitative estimate of drug-likeness (QED) is 0.395. The van der Waals surface area contributed by atoms with Crippen LogP contribution in [0.2, 0.25) is 0 Å². The molecule has 1 aliphatic heterocycles. The number of nitrogens with two attached hydrogens (primary N) is 1. The third kappa shape index (κ3) is 4.30. The van der Waals surface area contributed by atoms with Crippen molar-refractivity contribution in [2.24, 2.45) is 24.6 Å². The van der Waals surface area contributed by atoms with Gasteiger partial charge in [-0.05, 0) is 61.4 Å². The number of piperidine rings is 1. The summed E-state index contributed by atoms with van der Waals surface area (Å²) in [5, 5.41) is 0.787. The highest BCUT2D eigenvalue weighted by molar-refractivity contribution is 6.00. The predicted octanol–water partition coefficient (Wildman–Crippen LogP) is 4.76. The SMILES string of the molecule is COc1cc(C(=O)N2CC(N)C[C@@H](C)C2)cc2nc(-c3cc4ccc(C(F)F)nc4n3CC3CC3)n(C)c12. The number of carbonyl (C=O) groups is 1. The molecule has 1 saturated carbocycles. The number of rotatable bonds is 6. The summed E-state index contributed by atoms with van der Waals surface area (Å²) >= 11 is 0. The Balaban J connectivity index is 1.47. The van der Waals surface area contributed by atoms with Crippen molar-refractivity contribution in [2.75, 3.05) is 20.2 Å². The minimum atomic E-state index is -2.64. The van der Waals surface area contributed by atoms with E-state index in [0.717, 1.165) is 35.9 Å². The fourth-order valence-corrected chi connectivity index (χ4v) is 5.76. The normalized spacial score (nSPS) is 20.1. The van der Waals surface area contributed by atoms with Crippen LogP contribution in [0.4, 0.5) is 8.78 Å². The van der Waals surface area contributed by atoms with Gasteiger partial charge in [-0.1, -0.05) is 6.92 Å². The number of imidazole rings is 1. The van der Waals surface area contributed by atoms with E-state index >= 15 is 0 Å². The van der Waals surface area contributed by atoms with E-state index in [1.165, 1.54) is 6.07 Å². The number of halogens is 2. The average molecular weight is 523 g/mol. The van der Waals surface area contributed by atoms with Gasteiger partial charge in [0.15, 0.2) is 5.82 Å². The zero-order valence-corrected chi connectivity index (χ0v) is 21.8.